The van der Waals surface area contributed by atoms with Crippen molar-refractivity contribution in [3.63, 3.8) is 0 Å². The molecular formula is C18H18BrN3O. The number of hydrogen-bond donors (Lipinski definition) is 0. The number of ether oxygens (including phenoxy) is 1. The second kappa shape index (κ2) is 6.96. The lowest BCUT2D eigenvalue weighted by Gasteiger charge is -2.22. The molecule has 0 fully saturated rings. The average molecular weight is 372 g/mol. The first-order valence-electron chi connectivity index (χ1n) is 7.49. The molecule has 1 aromatic carbocycles. The Kier molecular flexibility index (Phi) is 4.76. The van der Waals surface area contributed by atoms with Crippen molar-refractivity contribution in [1.29, 1.82) is 0 Å². The number of nitrogens with zero attached hydrogens (tertiary/aromatic N) is 3. The number of halogens is 1. The Morgan fingerprint density at radius 3 is 2.57 bits per heavy atom. The van der Waals surface area contributed by atoms with E-state index in [0.717, 1.165) is 40.0 Å². The van der Waals surface area contributed by atoms with Gasteiger partial charge in [0.15, 0.2) is 0 Å². The van der Waals surface area contributed by atoms with Crippen LogP contribution in [0.25, 0.3) is 10.9 Å². The highest BCUT2D eigenvalue weighted by Crippen LogP contribution is 2.22. The van der Waals surface area contributed by atoms with E-state index in [-0.39, 0.29) is 0 Å². The van der Waals surface area contributed by atoms with Crippen molar-refractivity contribution in [2.24, 2.45) is 0 Å². The molecule has 0 aliphatic rings. The molecule has 0 N–H and O–H groups in total. The molecule has 0 aliphatic carbocycles. The first kappa shape index (κ1) is 15.7. The highest BCUT2D eigenvalue weighted by Gasteiger charge is 2.09. The van der Waals surface area contributed by atoms with Gasteiger partial charge in [-0.25, -0.2) is 4.98 Å². The van der Waals surface area contributed by atoms with Crippen LogP contribution in [0.1, 0.15) is 12.5 Å². The first-order valence-corrected chi connectivity index (χ1v) is 8.28. The van der Waals surface area contributed by atoms with Crippen LogP contribution < -0.4 is 9.64 Å². The average Bonchev–Trinajstić information content (AvgIpc) is 2.59. The molecule has 0 bridgehead atoms. The molecule has 0 unspecified atom stereocenters. The molecule has 23 heavy (non-hydrogen) atoms. The zero-order chi connectivity index (χ0) is 16.2. The molecule has 0 atom stereocenters. The van der Waals surface area contributed by atoms with Crippen LogP contribution in [0, 0.1) is 0 Å². The predicted molar refractivity (Wildman–Crippen MR) is 97.0 cm³/mol. The molecule has 0 spiro atoms. The highest BCUT2D eigenvalue weighted by atomic mass is 79.9. The van der Waals surface area contributed by atoms with Gasteiger partial charge in [0.05, 0.1) is 12.6 Å². The maximum atomic E-state index is 5.20. The van der Waals surface area contributed by atoms with Gasteiger partial charge in [-0.2, -0.15) is 0 Å². The number of hydrogen-bond acceptors (Lipinski definition) is 4. The minimum absolute atomic E-state index is 0.801. The Hall–Kier alpha value is -2.14. The number of aromatic nitrogens is 2. The third-order valence-corrected chi connectivity index (χ3v) is 4.19. The Bertz CT molecular complexity index is 805. The van der Waals surface area contributed by atoms with Crippen molar-refractivity contribution in [2.75, 3.05) is 18.6 Å². The molecule has 2 aromatic heterocycles. The van der Waals surface area contributed by atoms with Crippen molar-refractivity contribution in [1.82, 2.24) is 9.97 Å². The van der Waals surface area contributed by atoms with Crippen molar-refractivity contribution < 1.29 is 4.74 Å². The van der Waals surface area contributed by atoms with Gasteiger partial charge in [0, 0.05) is 41.4 Å². The standard InChI is InChI=1S/C18H18BrN3O/c1-3-22(12-13-4-6-16(23-2)7-5-13)18-9-17-14(10-21-18)8-15(19)11-20-17/h4-11H,3,12H2,1-2H3. The molecule has 0 saturated heterocycles. The second-order valence-electron chi connectivity index (χ2n) is 5.25. The zero-order valence-corrected chi connectivity index (χ0v) is 14.7. The predicted octanol–water partition coefficient (Wildman–Crippen LogP) is 4.43. The minimum atomic E-state index is 0.801. The van der Waals surface area contributed by atoms with Gasteiger partial charge in [0.25, 0.3) is 0 Å². The number of pyridine rings is 2. The molecule has 0 aliphatic heterocycles. The van der Waals surface area contributed by atoms with E-state index in [4.69, 9.17) is 4.74 Å². The number of anilines is 1. The van der Waals surface area contributed by atoms with Gasteiger partial charge >= 0.3 is 0 Å². The third-order valence-electron chi connectivity index (χ3n) is 3.76. The molecule has 3 aromatic rings. The van der Waals surface area contributed by atoms with E-state index >= 15 is 0 Å². The lowest BCUT2D eigenvalue weighted by molar-refractivity contribution is 0.414. The van der Waals surface area contributed by atoms with Gasteiger partial charge < -0.3 is 9.64 Å². The van der Waals surface area contributed by atoms with E-state index in [1.54, 1.807) is 7.11 Å². The fraction of sp³-hybridized carbons (Fsp3) is 0.222. The number of fused-ring (bicyclic) bond motifs is 1. The molecule has 0 radical (unpaired) electrons. The largest absolute Gasteiger partial charge is 0.497 e. The summed E-state index contributed by atoms with van der Waals surface area (Å²) in [6.45, 7) is 3.81. The summed E-state index contributed by atoms with van der Waals surface area (Å²) in [6, 6.07) is 12.2. The summed E-state index contributed by atoms with van der Waals surface area (Å²) >= 11 is 3.44. The van der Waals surface area contributed by atoms with E-state index in [1.807, 2.05) is 36.7 Å². The molecule has 5 heteroatoms. The maximum Gasteiger partial charge on any atom is 0.130 e. The summed E-state index contributed by atoms with van der Waals surface area (Å²) in [5.41, 5.74) is 2.17. The molecule has 118 valence electrons. The molecule has 0 amide bonds. The van der Waals surface area contributed by atoms with Crippen molar-refractivity contribution in [3.8, 4) is 5.75 Å². The molecule has 0 saturated carbocycles. The Labute approximate surface area is 144 Å². The van der Waals surface area contributed by atoms with E-state index in [2.05, 4.69) is 49.9 Å². The summed E-state index contributed by atoms with van der Waals surface area (Å²) in [5, 5.41) is 1.03. The highest BCUT2D eigenvalue weighted by molar-refractivity contribution is 9.10. The van der Waals surface area contributed by atoms with Gasteiger partial charge in [0.1, 0.15) is 11.6 Å². The maximum absolute atomic E-state index is 5.20. The van der Waals surface area contributed by atoms with Crippen LogP contribution in [0.4, 0.5) is 5.82 Å². The van der Waals surface area contributed by atoms with Crippen LogP contribution in [0.2, 0.25) is 0 Å². The molecular weight excluding hydrogens is 354 g/mol. The van der Waals surface area contributed by atoms with Crippen LogP contribution >= 0.6 is 15.9 Å². The summed E-state index contributed by atoms with van der Waals surface area (Å²) < 4.78 is 6.17. The van der Waals surface area contributed by atoms with E-state index in [1.165, 1.54) is 5.56 Å². The fourth-order valence-electron chi connectivity index (χ4n) is 2.46. The smallest absolute Gasteiger partial charge is 0.130 e. The topological polar surface area (TPSA) is 38.2 Å². The van der Waals surface area contributed by atoms with Crippen molar-refractivity contribution in [3.05, 3.63) is 58.8 Å². The Balaban J connectivity index is 1.86. The van der Waals surface area contributed by atoms with Gasteiger partial charge in [-0.05, 0) is 46.6 Å². The normalized spacial score (nSPS) is 10.7. The van der Waals surface area contributed by atoms with Crippen LogP contribution in [0.3, 0.4) is 0 Å². The number of benzene rings is 1. The zero-order valence-electron chi connectivity index (χ0n) is 13.2. The monoisotopic (exact) mass is 371 g/mol. The quantitative estimate of drug-likeness (QED) is 0.664. The lowest BCUT2D eigenvalue weighted by atomic mass is 10.2. The molecule has 4 nitrogen and oxygen atoms in total. The fourth-order valence-corrected chi connectivity index (χ4v) is 2.81. The van der Waals surface area contributed by atoms with Gasteiger partial charge in [0.2, 0.25) is 0 Å². The summed E-state index contributed by atoms with van der Waals surface area (Å²) in [4.78, 5) is 11.3. The van der Waals surface area contributed by atoms with Crippen LogP contribution in [0.5, 0.6) is 5.75 Å². The first-order chi connectivity index (χ1) is 11.2. The summed E-state index contributed by atoms with van der Waals surface area (Å²) in [5.74, 6) is 1.81. The minimum Gasteiger partial charge on any atom is -0.497 e. The second-order valence-corrected chi connectivity index (χ2v) is 6.17. The van der Waals surface area contributed by atoms with Gasteiger partial charge in [-0.15, -0.1) is 0 Å². The van der Waals surface area contributed by atoms with Gasteiger partial charge in [-0.3, -0.25) is 4.98 Å². The Morgan fingerprint density at radius 1 is 1.09 bits per heavy atom. The van der Waals surface area contributed by atoms with Crippen LogP contribution in [-0.4, -0.2) is 23.6 Å². The molecule has 3 rings (SSSR count). The molecule has 2 heterocycles. The third kappa shape index (κ3) is 3.62. The lowest BCUT2D eigenvalue weighted by Crippen LogP contribution is -2.23. The van der Waals surface area contributed by atoms with E-state index < -0.39 is 0 Å². The van der Waals surface area contributed by atoms with Gasteiger partial charge in [-0.1, -0.05) is 12.1 Å². The van der Waals surface area contributed by atoms with Crippen molar-refractivity contribution in [2.45, 2.75) is 13.5 Å². The SMILES string of the molecule is CCN(Cc1ccc(OC)cc1)c1cc2ncc(Br)cc2cn1. The van der Waals surface area contributed by atoms with Crippen molar-refractivity contribution >= 4 is 32.7 Å². The van der Waals surface area contributed by atoms with Crippen LogP contribution in [0.15, 0.2) is 53.3 Å². The number of methoxy groups -OCH3 is 1. The van der Waals surface area contributed by atoms with E-state index in [0.29, 0.717) is 0 Å². The summed E-state index contributed by atoms with van der Waals surface area (Å²) in [7, 11) is 1.68. The van der Waals surface area contributed by atoms with E-state index in [9.17, 15) is 0 Å². The Morgan fingerprint density at radius 2 is 1.87 bits per heavy atom. The van der Waals surface area contributed by atoms with Crippen LogP contribution in [-0.2, 0) is 6.54 Å². The summed E-state index contributed by atoms with van der Waals surface area (Å²) in [6.07, 6.45) is 3.69. The number of rotatable bonds is 5.